The van der Waals surface area contributed by atoms with Gasteiger partial charge in [0.25, 0.3) is 6.09 Å². The molecule has 0 spiro atoms. The molecule has 15 heavy (non-hydrogen) atoms. The number of pyridine rings is 1. The number of carbonyl (C=O) groups is 2. The van der Waals surface area contributed by atoms with Crippen LogP contribution in [0.15, 0.2) is 24.4 Å². The highest BCUT2D eigenvalue weighted by Crippen LogP contribution is 2.34. The lowest BCUT2D eigenvalue weighted by Crippen LogP contribution is -2.54. The molecule has 78 valence electrons. The van der Waals surface area contributed by atoms with Gasteiger partial charge in [-0.3, -0.25) is 4.79 Å². The number of rotatable bonds is 1. The molecule has 2 rings (SSSR count). The van der Waals surface area contributed by atoms with E-state index in [1.807, 2.05) is 0 Å². The van der Waals surface area contributed by atoms with Crippen LogP contribution < -0.4 is 8.99 Å². The molecule has 5 nitrogen and oxygen atoms in total. The number of carboxylic acid groups (broad SMARTS) is 1. The van der Waals surface area contributed by atoms with Crippen molar-refractivity contribution in [2.45, 2.75) is 0 Å². The molecule has 0 saturated carbocycles. The van der Waals surface area contributed by atoms with Crippen LogP contribution in [0.4, 0.5) is 10.6 Å². The van der Waals surface area contributed by atoms with Crippen molar-refractivity contribution in [1.82, 2.24) is 8.87 Å². The molecule has 0 radical (unpaired) electrons. The fraction of sp³-hybridized carbons (Fsp3) is 0.222. The predicted molar refractivity (Wildman–Crippen MR) is 53.8 cm³/mol. The molecule has 2 heterocycles. The van der Waals surface area contributed by atoms with Crippen LogP contribution in [0.5, 0.6) is 0 Å². The van der Waals surface area contributed by atoms with Gasteiger partial charge in [0.2, 0.25) is 11.6 Å². The molecule has 1 unspecified atom stereocenters. The topological polar surface area (TPSA) is 70.1 Å². The Labute approximate surface area is 90.5 Å². The second-order valence-electron chi connectivity index (χ2n) is 3.16. The van der Waals surface area contributed by atoms with E-state index < -0.39 is 9.98 Å². The van der Waals surface area contributed by atoms with Gasteiger partial charge in [-0.2, -0.15) is 3.89 Å². The van der Waals surface area contributed by atoms with E-state index >= 15 is 0 Å². The molecule has 1 atom stereocenters. The van der Waals surface area contributed by atoms with E-state index in [-0.39, 0.29) is 18.1 Å². The number of nitrogens with zero attached hydrogens (tertiary/aromatic N) is 2. The van der Waals surface area contributed by atoms with Gasteiger partial charge in [-0.15, -0.1) is 0 Å². The predicted octanol–water partition coefficient (Wildman–Crippen LogP) is -0.0369. The summed E-state index contributed by atoms with van der Waals surface area (Å²) in [6.45, 7) is -0.0932. The second-order valence-corrected chi connectivity index (χ2v) is 4.33. The Balaban J connectivity index is 2.45. The molecular formula is C9H8N2O3S. The molecule has 1 saturated heterocycles. The van der Waals surface area contributed by atoms with Gasteiger partial charge < -0.3 is 9.90 Å². The van der Waals surface area contributed by atoms with E-state index in [0.29, 0.717) is 5.82 Å². The standard InChI is InChI=1S/C9H8N2O3S/c12-7-5-11(9(13)14,15-6-7)8-3-1-2-4-10-8/h1-4H,5-6H2. The Hall–Kier alpha value is -1.40. The summed E-state index contributed by atoms with van der Waals surface area (Å²) >= 11 is 1.02. The van der Waals surface area contributed by atoms with E-state index in [0.717, 1.165) is 11.9 Å². The monoisotopic (exact) mass is 224 g/mol. The first kappa shape index (κ1) is 10.1. The van der Waals surface area contributed by atoms with Crippen LogP contribution in [-0.4, -0.2) is 29.2 Å². The molecule has 0 aromatic carbocycles. The molecule has 0 bridgehead atoms. The molecule has 0 N–H and O–H groups in total. The summed E-state index contributed by atoms with van der Waals surface area (Å²) in [5, 5.41) is 11.1. The molecular weight excluding hydrogens is 216 g/mol. The highest BCUT2D eigenvalue weighted by molar-refractivity contribution is 8.00. The summed E-state index contributed by atoms with van der Waals surface area (Å²) in [7, 11) is 0. The molecule has 1 aliphatic heterocycles. The number of carbonyl (C=O) groups excluding carboxylic acids is 2. The van der Waals surface area contributed by atoms with Crippen molar-refractivity contribution in [3.63, 3.8) is 0 Å². The average Bonchev–Trinajstić information content (AvgIpc) is 2.63. The first-order valence-corrected chi connectivity index (χ1v) is 5.27. The maximum atomic E-state index is 11.2. The van der Waals surface area contributed by atoms with Gasteiger partial charge in [0.1, 0.15) is 5.75 Å². The summed E-state index contributed by atoms with van der Waals surface area (Å²) in [6.07, 6.45) is 0.200. The molecule has 6 heteroatoms. The van der Waals surface area contributed by atoms with Gasteiger partial charge in [-0.05, 0) is 6.07 Å². The fourth-order valence-electron chi connectivity index (χ4n) is 1.45. The number of hydrogen-bond acceptors (Lipinski definition) is 5. The third-order valence-corrected chi connectivity index (χ3v) is 3.52. The number of ketones is 1. The third kappa shape index (κ3) is 1.62. The quantitative estimate of drug-likeness (QED) is 0.494. The van der Waals surface area contributed by atoms with E-state index in [4.69, 9.17) is 0 Å². The second kappa shape index (κ2) is 3.63. The van der Waals surface area contributed by atoms with Crippen LogP contribution in [-0.2, 0) is 4.79 Å². The third-order valence-electron chi connectivity index (χ3n) is 2.16. The van der Waals surface area contributed by atoms with Gasteiger partial charge in [-0.1, -0.05) is 6.07 Å². The van der Waals surface area contributed by atoms with E-state index in [1.54, 1.807) is 18.2 Å². The zero-order valence-electron chi connectivity index (χ0n) is 7.75. The SMILES string of the molecule is O=C1CS[N+](C(=O)[O-])(c2ccccn2)C1. The molecule has 1 aromatic rings. The highest BCUT2D eigenvalue weighted by Gasteiger charge is 2.45. The molecule has 1 fully saturated rings. The van der Waals surface area contributed by atoms with Gasteiger partial charge in [0.15, 0.2) is 6.54 Å². The lowest BCUT2D eigenvalue weighted by Gasteiger charge is -2.27. The van der Waals surface area contributed by atoms with Crippen LogP contribution in [0, 0.1) is 0 Å². The summed E-state index contributed by atoms with van der Waals surface area (Å²) < 4.78 is -0.556. The van der Waals surface area contributed by atoms with Gasteiger partial charge in [-0.25, -0.2) is 4.98 Å². The van der Waals surface area contributed by atoms with Crippen molar-refractivity contribution < 1.29 is 14.7 Å². The van der Waals surface area contributed by atoms with Gasteiger partial charge in [0, 0.05) is 12.3 Å². The smallest absolute Gasteiger partial charge is 0.276 e. The lowest BCUT2D eigenvalue weighted by atomic mass is 10.4. The summed E-state index contributed by atoms with van der Waals surface area (Å²) in [6, 6.07) is 4.97. The van der Waals surface area contributed by atoms with Crippen molar-refractivity contribution in [3.05, 3.63) is 24.4 Å². The van der Waals surface area contributed by atoms with Crippen molar-refractivity contribution >= 4 is 29.6 Å². The van der Waals surface area contributed by atoms with Gasteiger partial charge >= 0.3 is 0 Å². The molecule has 0 aliphatic carbocycles. The van der Waals surface area contributed by atoms with Crippen molar-refractivity contribution in [1.29, 1.82) is 0 Å². The minimum absolute atomic E-state index is 0.0932. The minimum Gasteiger partial charge on any atom is -0.497 e. The van der Waals surface area contributed by atoms with Crippen molar-refractivity contribution in [2.75, 3.05) is 12.3 Å². The number of amides is 1. The van der Waals surface area contributed by atoms with E-state index in [1.165, 1.54) is 6.20 Å². The Kier molecular flexibility index (Phi) is 2.45. The summed E-state index contributed by atoms with van der Waals surface area (Å²) in [5.41, 5.74) is 0. The Morgan fingerprint density at radius 2 is 2.33 bits per heavy atom. The number of aromatic nitrogens is 1. The van der Waals surface area contributed by atoms with Crippen LogP contribution in [0.25, 0.3) is 0 Å². The summed E-state index contributed by atoms with van der Waals surface area (Å²) in [4.78, 5) is 26.3. The van der Waals surface area contributed by atoms with Crippen molar-refractivity contribution in [2.24, 2.45) is 0 Å². The number of quaternary nitrogens is 1. The lowest BCUT2D eigenvalue weighted by molar-refractivity contribution is -0.257. The maximum absolute atomic E-state index is 11.2. The maximum Gasteiger partial charge on any atom is 0.276 e. The minimum atomic E-state index is -1.30. The largest absolute Gasteiger partial charge is 0.497 e. The zero-order valence-corrected chi connectivity index (χ0v) is 8.57. The van der Waals surface area contributed by atoms with Crippen LogP contribution in [0.1, 0.15) is 0 Å². The van der Waals surface area contributed by atoms with Crippen LogP contribution in [0.3, 0.4) is 0 Å². The van der Waals surface area contributed by atoms with Crippen molar-refractivity contribution in [3.8, 4) is 0 Å². The van der Waals surface area contributed by atoms with E-state index in [2.05, 4.69) is 4.98 Å². The summed E-state index contributed by atoms with van der Waals surface area (Å²) in [5.74, 6) is 0.410. The van der Waals surface area contributed by atoms with Crippen LogP contribution in [0.2, 0.25) is 0 Å². The van der Waals surface area contributed by atoms with Gasteiger partial charge in [0.05, 0.1) is 11.9 Å². The average molecular weight is 224 g/mol. The Bertz CT molecular complexity index is 409. The Morgan fingerprint density at radius 3 is 2.80 bits per heavy atom. The fourth-order valence-corrected chi connectivity index (χ4v) is 2.48. The van der Waals surface area contributed by atoms with Crippen LogP contribution >= 0.6 is 11.9 Å². The number of hydrogen-bond donors (Lipinski definition) is 0. The Morgan fingerprint density at radius 1 is 1.53 bits per heavy atom. The van der Waals surface area contributed by atoms with E-state index in [9.17, 15) is 14.7 Å². The molecule has 1 aliphatic rings. The molecule has 1 amide bonds. The highest BCUT2D eigenvalue weighted by atomic mass is 32.2. The zero-order chi connectivity index (χ0) is 10.9. The number of Topliss-reactive ketones (excluding diaryl/α,β-unsaturated/α-hetero) is 1. The molecule has 1 aromatic heterocycles. The normalized spacial score (nSPS) is 25.5. The first-order valence-electron chi connectivity index (χ1n) is 4.32. The first-order chi connectivity index (χ1) is 7.15.